The molecule has 0 radical (unpaired) electrons. The first-order chi connectivity index (χ1) is 13.5. The molecule has 4 nitrogen and oxygen atoms in total. The number of aromatic nitrogens is 3. The molecule has 28 heavy (non-hydrogen) atoms. The van der Waals surface area contributed by atoms with Gasteiger partial charge in [-0.05, 0) is 29.8 Å². The summed E-state index contributed by atoms with van der Waals surface area (Å²) in [6.07, 6.45) is -1.10. The zero-order valence-electron chi connectivity index (χ0n) is 14.6. The van der Waals surface area contributed by atoms with Crippen molar-refractivity contribution in [3.8, 4) is 11.4 Å². The number of hydrogen-bond acceptors (Lipinski definition) is 4. The van der Waals surface area contributed by atoms with Gasteiger partial charge in [-0.2, -0.15) is 13.2 Å². The van der Waals surface area contributed by atoms with Crippen molar-refractivity contribution in [1.29, 1.82) is 0 Å². The van der Waals surface area contributed by atoms with Crippen LogP contribution in [0.15, 0.2) is 73.1 Å². The number of nitrogens with one attached hydrogen (secondary N) is 1. The third-order valence-corrected chi connectivity index (χ3v) is 4.26. The summed E-state index contributed by atoms with van der Waals surface area (Å²) >= 11 is 0. The van der Waals surface area contributed by atoms with Gasteiger partial charge in [0.1, 0.15) is 5.82 Å². The Hall–Kier alpha value is -3.48. The first-order valence-electron chi connectivity index (χ1n) is 8.58. The van der Waals surface area contributed by atoms with Crippen LogP contribution in [0.3, 0.4) is 0 Å². The lowest BCUT2D eigenvalue weighted by Crippen LogP contribution is -2.09. The van der Waals surface area contributed by atoms with E-state index in [4.69, 9.17) is 0 Å². The molecule has 2 heterocycles. The number of para-hydroxylation sites is 1. The average molecular weight is 380 g/mol. The Morgan fingerprint density at radius 1 is 0.857 bits per heavy atom. The molecule has 0 aliphatic heterocycles. The molecule has 0 saturated heterocycles. The predicted octanol–water partition coefficient (Wildman–Crippen LogP) is 5.32. The van der Waals surface area contributed by atoms with Crippen molar-refractivity contribution < 1.29 is 13.2 Å². The van der Waals surface area contributed by atoms with E-state index in [1.54, 1.807) is 30.6 Å². The highest BCUT2D eigenvalue weighted by Gasteiger charge is 2.34. The molecule has 7 heteroatoms. The minimum Gasteiger partial charge on any atom is -0.365 e. The molecule has 1 N–H and O–H groups in total. The van der Waals surface area contributed by atoms with Gasteiger partial charge in [-0.15, -0.1) is 0 Å². The Labute approximate surface area is 159 Å². The molecule has 0 fully saturated rings. The van der Waals surface area contributed by atoms with Crippen LogP contribution in [-0.4, -0.2) is 15.0 Å². The summed E-state index contributed by atoms with van der Waals surface area (Å²) in [5.74, 6) is 0.502. The van der Waals surface area contributed by atoms with Crippen molar-refractivity contribution in [2.24, 2.45) is 0 Å². The number of pyridine rings is 1. The van der Waals surface area contributed by atoms with Crippen molar-refractivity contribution >= 4 is 16.7 Å². The zero-order valence-corrected chi connectivity index (χ0v) is 14.6. The fourth-order valence-electron chi connectivity index (χ4n) is 2.95. The number of nitrogens with zero attached hydrogens (tertiary/aromatic N) is 3. The molecule has 0 aliphatic carbocycles. The summed E-state index contributed by atoms with van der Waals surface area (Å²) in [5, 5.41) is 3.94. The maximum atomic E-state index is 13.4. The highest BCUT2D eigenvalue weighted by Crippen LogP contribution is 2.36. The van der Waals surface area contributed by atoms with E-state index in [0.29, 0.717) is 17.9 Å². The maximum absolute atomic E-state index is 13.4. The van der Waals surface area contributed by atoms with Crippen LogP contribution in [-0.2, 0) is 12.7 Å². The van der Waals surface area contributed by atoms with Crippen LogP contribution in [0.4, 0.5) is 19.0 Å². The smallest absolute Gasteiger partial charge is 0.365 e. The molecule has 0 spiro atoms. The van der Waals surface area contributed by atoms with Gasteiger partial charge in [0.15, 0.2) is 5.82 Å². The van der Waals surface area contributed by atoms with E-state index in [2.05, 4.69) is 20.3 Å². The molecule has 0 amide bonds. The third kappa shape index (κ3) is 3.64. The average Bonchev–Trinajstić information content (AvgIpc) is 2.72. The number of anilines is 1. The molecule has 0 unspecified atom stereocenters. The summed E-state index contributed by atoms with van der Waals surface area (Å²) in [5.41, 5.74) is 0.689. The molecule has 140 valence electrons. The van der Waals surface area contributed by atoms with Crippen LogP contribution in [0.1, 0.15) is 11.1 Å². The summed E-state index contributed by atoms with van der Waals surface area (Å²) in [6, 6.07) is 16.3. The summed E-state index contributed by atoms with van der Waals surface area (Å²) in [4.78, 5) is 12.9. The molecule has 4 aromatic rings. The van der Waals surface area contributed by atoms with Gasteiger partial charge in [-0.1, -0.05) is 36.4 Å². The lowest BCUT2D eigenvalue weighted by molar-refractivity contribution is -0.137. The molecule has 0 bridgehead atoms. The van der Waals surface area contributed by atoms with E-state index < -0.39 is 11.7 Å². The van der Waals surface area contributed by atoms with Gasteiger partial charge >= 0.3 is 6.18 Å². The van der Waals surface area contributed by atoms with Gasteiger partial charge in [0, 0.05) is 29.9 Å². The maximum Gasteiger partial charge on any atom is 0.417 e. The predicted molar refractivity (Wildman–Crippen MR) is 102 cm³/mol. The lowest BCUT2D eigenvalue weighted by atomic mass is 10.1. The molecule has 4 rings (SSSR count). The number of benzene rings is 2. The fraction of sp³-hybridized carbons (Fsp3) is 0.0952. The molecule has 0 saturated carbocycles. The van der Waals surface area contributed by atoms with Crippen molar-refractivity contribution in [3.05, 3.63) is 84.2 Å². The van der Waals surface area contributed by atoms with Crippen LogP contribution in [0, 0.1) is 0 Å². The van der Waals surface area contributed by atoms with Crippen LogP contribution in [0.5, 0.6) is 0 Å². The van der Waals surface area contributed by atoms with E-state index in [0.717, 1.165) is 17.0 Å². The Balaban J connectivity index is 1.81. The van der Waals surface area contributed by atoms with Crippen LogP contribution >= 0.6 is 0 Å². The zero-order chi connectivity index (χ0) is 19.6. The van der Waals surface area contributed by atoms with Gasteiger partial charge in [-0.3, -0.25) is 4.98 Å². The normalized spacial score (nSPS) is 11.5. The van der Waals surface area contributed by atoms with Crippen LogP contribution in [0.25, 0.3) is 22.3 Å². The van der Waals surface area contributed by atoms with Gasteiger partial charge in [-0.25, -0.2) is 9.97 Å². The van der Waals surface area contributed by atoms with E-state index in [1.165, 1.54) is 12.1 Å². The lowest BCUT2D eigenvalue weighted by Gasteiger charge is -2.14. The minimum atomic E-state index is -4.49. The number of hydrogen-bond donors (Lipinski definition) is 1. The van der Waals surface area contributed by atoms with Gasteiger partial charge < -0.3 is 5.32 Å². The van der Waals surface area contributed by atoms with E-state index in [9.17, 15) is 13.2 Å². The van der Waals surface area contributed by atoms with Gasteiger partial charge in [0.25, 0.3) is 0 Å². The fourth-order valence-corrected chi connectivity index (χ4v) is 2.95. The summed E-state index contributed by atoms with van der Waals surface area (Å²) in [6.45, 7) is 0.440. The molecule has 2 aromatic heterocycles. The molecular weight excluding hydrogens is 365 g/mol. The minimum absolute atomic E-state index is 0.0281. The van der Waals surface area contributed by atoms with Gasteiger partial charge in [0.2, 0.25) is 0 Å². The quantitative estimate of drug-likeness (QED) is 0.520. The number of rotatable bonds is 4. The number of alkyl halides is 3. The largest absolute Gasteiger partial charge is 0.417 e. The monoisotopic (exact) mass is 380 g/mol. The molecule has 0 atom stereocenters. The second-order valence-electron chi connectivity index (χ2n) is 6.17. The molecule has 0 aliphatic rings. The van der Waals surface area contributed by atoms with Crippen molar-refractivity contribution in [2.45, 2.75) is 12.7 Å². The second kappa shape index (κ2) is 7.26. The first-order valence-corrected chi connectivity index (χ1v) is 8.58. The third-order valence-electron chi connectivity index (χ3n) is 4.26. The van der Waals surface area contributed by atoms with Crippen molar-refractivity contribution in [2.75, 3.05) is 5.32 Å². The van der Waals surface area contributed by atoms with Gasteiger partial charge in [0.05, 0.1) is 11.1 Å². The first kappa shape index (κ1) is 17.9. The standard InChI is InChI=1S/C21H15F3N4/c22-21(23,24)17-9-3-1-7-15(17)20-27-18-10-4-2-8-16(18)19(28-20)26-13-14-6-5-11-25-12-14/h1-12H,13H2,(H,26,27,28). The Bertz CT molecular complexity index is 1110. The van der Waals surface area contributed by atoms with E-state index in [1.807, 2.05) is 24.3 Å². The summed E-state index contributed by atoms with van der Waals surface area (Å²) in [7, 11) is 0. The van der Waals surface area contributed by atoms with Crippen molar-refractivity contribution in [3.63, 3.8) is 0 Å². The highest BCUT2D eigenvalue weighted by atomic mass is 19.4. The SMILES string of the molecule is FC(F)(F)c1ccccc1-c1nc(NCc2cccnc2)c2ccccc2n1. The Morgan fingerprint density at radius 3 is 2.43 bits per heavy atom. The molecular formula is C21H15F3N4. The summed E-state index contributed by atoms with van der Waals surface area (Å²) < 4.78 is 40.3. The number of halogens is 3. The van der Waals surface area contributed by atoms with E-state index >= 15 is 0 Å². The number of fused-ring (bicyclic) bond motifs is 1. The molecule has 2 aromatic carbocycles. The Morgan fingerprint density at radius 2 is 1.64 bits per heavy atom. The van der Waals surface area contributed by atoms with E-state index in [-0.39, 0.29) is 11.4 Å². The van der Waals surface area contributed by atoms with Crippen LogP contribution < -0.4 is 5.32 Å². The van der Waals surface area contributed by atoms with Crippen molar-refractivity contribution in [1.82, 2.24) is 15.0 Å². The second-order valence-corrected chi connectivity index (χ2v) is 6.17. The van der Waals surface area contributed by atoms with Crippen LogP contribution in [0.2, 0.25) is 0 Å². The Kier molecular flexibility index (Phi) is 4.65. The highest BCUT2D eigenvalue weighted by molar-refractivity contribution is 5.90. The topological polar surface area (TPSA) is 50.7 Å².